The van der Waals surface area contributed by atoms with Crippen molar-refractivity contribution in [2.75, 3.05) is 11.2 Å². The molecule has 0 aliphatic heterocycles. The molecule has 0 unspecified atom stereocenters. The predicted octanol–water partition coefficient (Wildman–Crippen LogP) is 6.20. The van der Waals surface area contributed by atoms with Crippen LogP contribution in [0.2, 0.25) is 5.02 Å². The van der Waals surface area contributed by atoms with Crippen molar-refractivity contribution in [2.24, 2.45) is 0 Å². The van der Waals surface area contributed by atoms with Crippen LogP contribution in [0.3, 0.4) is 0 Å². The molecule has 7 heteroatoms. The second kappa shape index (κ2) is 7.89. The van der Waals surface area contributed by atoms with E-state index in [0.717, 1.165) is 28.5 Å². The number of benzene rings is 2. The zero-order chi connectivity index (χ0) is 17.1. The summed E-state index contributed by atoms with van der Waals surface area (Å²) in [6.45, 7) is 0.776. The summed E-state index contributed by atoms with van der Waals surface area (Å²) in [6, 6.07) is 9.16. The van der Waals surface area contributed by atoms with Crippen LogP contribution >= 0.6 is 45.8 Å². The Kier molecular flexibility index (Phi) is 5.84. The van der Waals surface area contributed by atoms with Crippen molar-refractivity contribution in [3.8, 4) is 0 Å². The van der Waals surface area contributed by atoms with Gasteiger partial charge in [0, 0.05) is 16.0 Å². The quantitative estimate of drug-likeness (QED) is 0.260. The standard InChI is InChI=1S/C17H15Cl2FIN3/c18-7-1-2-8-24-10-22-17-15(24)6-5-14(16(17)20)23-13-4-3-11(21)9-12(13)19/h3-6,9-10,23H,1-2,7-8H2. The number of alkyl halides is 1. The molecule has 0 aliphatic carbocycles. The first-order valence-corrected chi connectivity index (χ1v) is 9.50. The zero-order valence-electron chi connectivity index (χ0n) is 12.7. The van der Waals surface area contributed by atoms with E-state index in [1.807, 2.05) is 28.8 Å². The number of nitrogens with one attached hydrogen (secondary N) is 1. The Bertz CT molecular complexity index is 866. The number of rotatable bonds is 6. The number of aromatic nitrogens is 2. The number of aryl methyl sites for hydroxylation is 1. The number of fused-ring (bicyclic) bond motifs is 1. The Morgan fingerprint density at radius 3 is 2.71 bits per heavy atom. The lowest BCUT2D eigenvalue weighted by Gasteiger charge is -2.10. The average Bonchev–Trinajstić information content (AvgIpc) is 2.96. The maximum Gasteiger partial charge on any atom is 0.174 e. The first-order valence-electron chi connectivity index (χ1n) is 7.51. The number of imidazole rings is 1. The van der Waals surface area contributed by atoms with E-state index in [9.17, 15) is 4.39 Å². The molecule has 126 valence electrons. The molecule has 1 aromatic heterocycles. The third-order valence-corrected chi connectivity index (χ3v) is 4.96. The molecule has 3 nitrogen and oxygen atoms in total. The van der Waals surface area contributed by atoms with Crippen molar-refractivity contribution >= 4 is 68.2 Å². The minimum atomic E-state index is -0.377. The van der Waals surface area contributed by atoms with Crippen LogP contribution in [0, 0.1) is 9.39 Å². The topological polar surface area (TPSA) is 29.9 Å². The van der Waals surface area contributed by atoms with Crippen molar-refractivity contribution < 1.29 is 4.39 Å². The number of hydrogen-bond acceptors (Lipinski definition) is 2. The van der Waals surface area contributed by atoms with E-state index in [1.165, 1.54) is 0 Å². The number of hydrogen-bond donors (Lipinski definition) is 1. The maximum atomic E-state index is 14.8. The fourth-order valence-electron chi connectivity index (χ4n) is 2.49. The molecule has 0 bridgehead atoms. The van der Waals surface area contributed by atoms with Crippen molar-refractivity contribution in [2.45, 2.75) is 19.4 Å². The molecule has 0 amide bonds. The van der Waals surface area contributed by atoms with Crippen molar-refractivity contribution in [1.29, 1.82) is 0 Å². The molecule has 1 heterocycles. The molecule has 3 rings (SSSR count). The van der Waals surface area contributed by atoms with E-state index in [4.69, 9.17) is 23.2 Å². The van der Waals surface area contributed by atoms with Crippen LogP contribution in [-0.4, -0.2) is 15.4 Å². The second-order valence-electron chi connectivity index (χ2n) is 5.38. The molecule has 0 atom stereocenters. The molecule has 0 saturated heterocycles. The van der Waals surface area contributed by atoms with Gasteiger partial charge in [-0.05, 0) is 65.8 Å². The van der Waals surface area contributed by atoms with Gasteiger partial charge in [0.05, 0.1) is 28.2 Å². The summed E-state index contributed by atoms with van der Waals surface area (Å²) >= 11 is 14.1. The van der Waals surface area contributed by atoms with Crippen LogP contribution in [-0.2, 0) is 6.54 Å². The van der Waals surface area contributed by atoms with E-state index >= 15 is 0 Å². The van der Waals surface area contributed by atoms with Gasteiger partial charge in [0.15, 0.2) is 5.82 Å². The van der Waals surface area contributed by atoms with Gasteiger partial charge in [-0.25, -0.2) is 9.37 Å². The monoisotopic (exact) mass is 477 g/mol. The van der Waals surface area contributed by atoms with Crippen LogP contribution in [0.15, 0.2) is 36.7 Å². The number of anilines is 2. The Morgan fingerprint density at radius 1 is 1.17 bits per heavy atom. The van der Waals surface area contributed by atoms with Gasteiger partial charge in [0.2, 0.25) is 0 Å². The molecule has 0 radical (unpaired) electrons. The predicted molar refractivity (Wildman–Crippen MR) is 107 cm³/mol. The third-order valence-electron chi connectivity index (χ3n) is 3.71. The summed E-state index contributed by atoms with van der Waals surface area (Å²) in [7, 11) is 0. The number of nitrogens with zero attached hydrogens (tertiary/aromatic N) is 2. The highest BCUT2D eigenvalue weighted by Crippen LogP contribution is 2.30. The molecule has 3 aromatic rings. The summed E-state index contributed by atoms with van der Waals surface area (Å²) in [5.41, 5.74) is 2.15. The van der Waals surface area contributed by atoms with Gasteiger partial charge in [0.1, 0.15) is 5.52 Å². The van der Waals surface area contributed by atoms with Crippen molar-refractivity contribution in [3.63, 3.8) is 0 Å². The lowest BCUT2D eigenvalue weighted by molar-refractivity contribution is 0.639. The smallest absolute Gasteiger partial charge is 0.174 e. The van der Waals surface area contributed by atoms with Crippen LogP contribution in [0.1, 0.15) is 12.8 Å². The van der Waals surface area contributed by atoms with Gasteiger partial charge in [-0.3, -0.25) is 0 Å². The SMILES string of the molecule is Fc1c(Nc2ccc(I)cc2Cl)ccc2c1ncn2CCCCCl. The maximum absolute atomic E-state index is 14.8. The summed E-state index contributed by atoms with van der Waals surface area (Å²) in [4.78, 5) is 4.22. The van der Waals surface area contributed by atoms with E-state index < -0.39 is 0 Å². The molecule has 2 aromatic carbocycles. The highest BCUT2D eigenvalue weighted by molar-refractivity contribution is 14.1. The fourth-order valence-corrected chi connectivity index (χ4v) is 3.58. The average molecular weight is 478 g/mol. The van der Waals surface area contributed by atoms with Crippen LogP contribution in [0.4, 0.5) is 15.8 Å². The Balaban J connectivity index is 1.89. The molecular formula is C17H15Cl2FIN3. The minimum absolute atomic E-state index is 0.354. The second-order valence-corrected chi connectivity index (χ2v) is 7.41. The first-order chi connectivity index (χ1) is 11.6. The lowest BCUT2D eigenvalue weighted by Crippen LogP contribution is -1.98. The Labute approximate surface area is 163 Å². The third kappa shape index (κ3) is 3.78. The lowest BCUT2D eigenvalue weighted by atomic mass is 10.2. The summed E-state index contributed by atoms with van der Waals surface area (Å²) in [5, 5.41) is 3.59. The van der Waals surface area contributed by atoms with E-state index in [2.05, 4.69) is 32.9 Å². The van der Waals surface area contributed by atoms with E-state index in [-0.39, 0.29) is 5.82 Å². The summed E-state index contributed by atoms with van der Waals surface area (Å²) < 4.78 is 17.7. The van der Waals surface area contributed by atoms with Gasteiger partial charge in [-0.1, -0.05) is 11.6 Å². The summed E-state index contributed by atoms with van der Waals surface area (Å²) in [6.07, 6.45) is 3.53. The van der Waals surface area contributed by atoms with Gasteiger partial charge >= 0.3 is 0 Å². The molecule has 0 aliphatic rings. The van der Waals surface area contributed by atoms with Gasteiger partial charge < -0.3 is 9.88 Å². The van der Waals surface area contributed by atoms with Crippen molar-refractivity contribution in [3.05, 3.63) is 51.1 Å². The van der Waals surface area contributed by atoms with E-state index in [0.29, 0.717) is 27.8 Å². The van der Waals surface area contributed by atoms with E-state index in [1.54, 1.807) is 12.4 Å². The normalized spacial score (nSPS) is 11.2. The Hall–Kier alpha value is -1.05. The first kappa shape index (κ1) is 17.8. The minimum Gasteiger partial charge on any atom is -0.352 e. The van der Waals surface area contributed by atoms with Crippen LogP contribution < -0.4 is 5.32 Å². The largest absolute Gasteiger partial charge is 0.352 e. The highest BCUT2D eigenvalue weighted by atomic mass is 127. The molecule has 1 N–H and O–H groups in total. The molecule has 0 fully saturated rings. The molecule has 0 spiro atoms. The van der Waals surface area contributed by atoms with Crippen LogP contribution in [0.5, 0.6) is 0 Å². The molecule has 24 heavy (non-hydrogen) atoms. The number of unbranched alkanes of at least 4 members (excludes halogenated alkanes) is 1. The number of halogens is 4. The van der Waals surface area contributed by atoms with Crippen LogP contribution in [0.25, 0.3) is 11.0 Å². The molecule has 0 saturated carbocycles. The summed E-state index contributed by atoms with van der Waals surface area (Å²) in [5.74, 6) is 0.254. The van der Waals surface area contributed by atoms with Gasteiger partial charge in [0.25, 0.3) is 0 Å². The highest BCUT2D eigenvalue weighted by Gasteiger charge is 2.13. The fraction of sp³-hybridized carbons (Fsp3) is 0.235. The Morgan fingerprint density at radius 2 is 1.96 bits per heavy atom. The van der Waals surface area contributed by atoms with Gasteiger partial charge in [-0.15, -0.1) is 11.6 Å². The van der Waals surface area contributed by atoms with Gasteiger partial charge in [-0.2, -0.15) is 0 Å². The van der Waals surface area contributed by atoms with Crippen molar-refractivity contribution in [1.82, 2.24) is 9.55 Å². The molecular weight excluding hydrogens is 463 g/mol. The zero-order valence-corrected chi connectivity index (χ0v) is 16.4.